The molecule has 0 saturated carbocycles. The summed E-state index contributed by atoms with van der Waals surface area (Å²) in [7, 11) is 0. The Morgan fingerprint density at radius 1 is 1.32 bits per heavy atom. The highest BCUT2D eigenvalue weighted by Crippen LogP contribution is 2.28. The molecular weight excluding hydrogens is 288 g/mol. The smallest absolute Gasteiger partial charge is 0.329 e. The number of nitrogens with one attached hydrogen (secondary N) is 1. The first-order chi connectivity index (χ1) is 10.2. The lowest BCUT2D eigenvalue weighted by Gasteiger charge is -2.35. The first-order valence-corrected chi connectivity index (χ1v) is 7.59. The van der Waals surface area contributed by atoms with Gasteiger partial charge >= 0.3 is 5.97 Å². The highest BCUT2D eigenvalue weighted by atomic mass is 16.5. The molecule has 1 atom stereocenters. The molecule has 7 nitrogen and oxygen atoms in total. The minimum Gasteiger partial charge on any atom is -0.480 e. The summed E-state index contributed by atoms with van der Waals surface area (Å²) in [4.78, 5) is 37.7. The molecule has 0 aromatic heterocycles. The van der Waals surface area contributed by atoms with Gasteiger partial charge < -0.3 is 20.1 Å². The Labute approximate surface area is 130 Å². The van der Waals surface area contributed by atoms with Gasteiger partial charge in [-0.1, -0.05) is 0 Å². The largest absolute Gasteiger partial charge is 0.480 e. The van der Waals surface area contributed by atoms with Crippen molar-refractivity contribution in [3.63, 3.8) is 0 Å². The Balaban J connectivity index is 2.06. The molecule has 7 heteroatoms. The Kier molecular flexibility index (Phi) is 4.47. The van der Waals surface area contributed by atoms with Crippen LogP contribution in [-0.4, -0.2) is 58.6 Å². The lowest BCUT2D eigenvalue weighted by molar-refractivity contribution is -0.152. The summed E-state index contributed by atoms with van der Waals surface area (Å²) in [6.45, 7) is 6.71. The van der Waals surface area contributed by atoms with E-state index in [2.05, 4.69) is 5.32 Å². The summed E-state index contributed by atoms with van der Waals surface area (Å²) in [5.41, 5.74) is -1.61. The summed E-state index contributed by atoms with van der Waals surface area (Å²) >= 11 is 0. The van der Waals surface area contributed by atoms with Crippen LogP contribution in [0.3, 0.4) is 0 Å². The molecule has 2 N–H and O–H groups in total. The summed E-state index contributed by atoms with van der Waals surface area (Å²) in [6, 6.07) is 0. The monoisotopic (exact) mass is 312 g/mol. The van der Waals surface area contributed by atoms with Crippen LogP contribution in [0.1, 0.15) is 40.0 Å². The molecule has 0 aliphatic carbocycles. The lowest BCUT2D eigenvalue weighted by atomic mass is 9.89. The number of amides is 2. The molecule has 0 spiro atoms. The van der Waals surface area contributed by atoms with E-state index in [1.54, 1.807) is 4.90 Å². The van der Waals surface area contributed by atoms with Gasteiger partial charge in [0, 0.05) is 44.6 Å². The molecule has 2 rings (SSSR count). The number of carbonyl (C=O) groups excluding carboxylic acids is 2. The first kappa shape index (κ1) is 16.7. The third-order valence-electron chi connectivity index (χ3n) is 4.42. The van der Waals surface area contributed by atoms with Gasteiger partial charge in [-0.25, -0.2) is 4.79 Å². The number of carboxylic acid groups (broad SMARTS) is 1. The second kappa shape index (κ2) is 5.87. The molecule has 0 bridgehead atoms. The Hall–Kier alpha value is -1.63. The second-order valence-corrected chi connectivity index (χ2v) is 7.07. The van der Waals surface area contributed by atoms with Gasteiger partial charge in [-0.15, -0.1) is 0 Å². The Morgan fingerprint density at radius 3 is 2.36 bits per heavy atom. The summed E-state index contributed by atoms with van der Waals surface area (Å²) < 4.78 is 5.18. The van der Waals surface area contributed by atoms with Gasteiger partial charge in [0.25, 0.3) is 0 Å². The van der Waals surface area contributed by atoms with Crippen LogP contribution >= 0.6 is 0 Å². The number of likely N-dealkylation sites (tertiary alicyclic amines) is 1. The summed E-state index contributed by atoms with van der Waals surface area (Å²) in [5, 5.41) is 12.1. The van der Waals surface area contributed by atoms with E-state index in [0.717, 1.165) is 0 Å². The van der Waals surface area contributed by atoms with Gasteiger partial charge in [-0.2, -0.15) is 0 Å². The fourth-order valence-corrected chi connectivity index (χ4v) is 2.98. The second-order valence-electron chi connectivity index (χ2n) is 7.07. The van der Waals surface area contributed by atoms with Crippen molar-refractivity contribution >= 4 is 17.8 Å². The van der Waals surface area contributed by atoms with Gasteiger partial charge in [-0.05, 0) is 20.8 Å². The fraction of sp³-hybridized carbons (Fsp3) is 0.800. The number of aliphatic carboxylic acids is 1. The maximum absolute atomic E-state index is 12.4. The fourth-order valence-electron chi connectivity index (χ4n) is 2.98. The van der Waals surface area contributed by atoms with Gasteiger partial charge in [0.1, 0.15) is 5.54 Å². The summed E-state index contributed by atoms with van der Waals surface area (Å²) in [6.07, 6.45) is 0.630. The molecule has 2 saturated heterocycles. The lowest BCUT2D eigenvalue weighted by Crippen LogP contribution is -2.58. The predicted molar refractivity (Wildman–Crippen MR) is 78.1 cm³/mol. The van der Waals surface area contributed by atoms with Crippen LogP contribution in [0.2, 0.25) is 0 Å². The molecule has 2 amide bonds. The number of carbonyl (C=O) groups is 3. The maximum Gasteiger partial charge on any atom is 0.329 e. The molecule has 2 aliphatic heterocycles. The molecule has 124 valence electrons. The third kappa shape index (κ3) is 3.24. The van der Waals surface area contributed by atoms with E-state index < -0.39 is 17.4 Å². The SMILES string of the molecule is CC(C)(C)N1C[C@@H](C(=O)NC2(C(=O)O)CCOCC2)CC1=O. The first-order valence-electron chi connectivity index (χ1n) is 7.59. The van der Waals surface area contributed by atoms with Crippen LogP contribution in [0, 0.1) is 5.92 Å². The van der Waals surface area contributed by atoms with E-state index in [1.807, 2.05) is 20.8 Å². The van der Waals surface area contributed by atoms with Crippen LogP contribution in [0.15, 0.2) is 0 Å². The van der Waals surface area contributed by atoms with Gasteiger partial charge in [-0.3, -0.25) is 9.59 Å². The number of rotatable bonds is 3. The topological polar surface area (TPSA) is 95.9 Å². The molecule has 0 aromatic rings. The highest BCUT2D eigenvalue weighted by Gasteiger charge is 2.45. The molecule has 0 radical (unpaired) electrons. The van der Waals surface area contributed by atoms with E-state index in [0.29, 0.717) is 19.8 Å². The normalized spacial score (nSPS) is 25.1. The zero-order chi connectivity index (χ0) is 16.5. The van der Waals surface area contributed by atoms with E-state index in [9.17, 15) is 19.5 Å². The molecule has 2 heterocycles. The van der Waals surface area contributed by atoms with Gasteiger partial charge in [0.15, 0.2) is 0 Å². The van der Waals surface area contributed by atoms with Crippen molar-refractivity contribution in [2.24, 2.45) is 5.92 Å². The molecule has 22 heavy (non-hydrogen) atoms. The third-order valence-corrected chi connectivity index (χ3v) is 4.42. The van der Waals surface area contributed by atoms with Gasteiger partial charge in [0.2, 0.25) is 11.8 Å². The molecule has 0 unspecified atom stereocenters. The Bertz CT molecular complexity index is 477. The van der Waals surface area contributed by atoms with Crippen LogP contribution < -0.4 is 5.32 Å². The molecule has 0 aromatic carbocycles. The minimum atomic E-state index is -1.27. The number of nitrogens with zero attached hydrogens (tertiary/aromatic N) is 1. The van der Waals surface area contributed by atoms with Crippen molar-refractivity contribution in [1.82, 2.24) is 10.2 Å². The minimum absolute atomic E-state index is 0.0657. The van der Waals surface area contributed by atoms with E-state index in [1.165, 1.54) is 0 Å². The quantitative estimate of drug-likeness (QED) is 0.785. The zero-order valence-corrected chi connectivity index (χ0v) is 13.3. The van der Waals surface area contributed by atoms with E-state index in [-0.39, 0.29) is 36.6 Å². The van der Waals surface area contributed by atoms with Crippen LogP contribution in [0.4, 0.5) is 0 Å². The van der Waals surface area contributed by atoms with E-state index >= 15 is 0 Å². The van der Waals surface area contributed by atoms with Crippen molar-refractivity contribution < 1.29 is 24.2 Å². The van der Waals surface area contributed by atoms with Crippen molar-refractivity contribution in [3.05, 3.63) is 0 Å². The van der Waals surface area contributed by atoms with Crippen molar-refractivity contribution in [1.29, 1.82) is 0 Å². The highest BCUT2D eigenvalue weighted by molar-refractivity contribution is 5.93. The number of carboxylic acids is 1. The average molecular weight is 312 g/mol. The Morgan fingerprint density at radius 2 is 1.91 bits per heavy atom. The summed E-state index contributed by atoms with van der Waals surface area (Å²) in [5.74, 6) is -1.96. The van der Waals surface area contributed by atoms with Crippen molar-refractivity contribution in [3.8, 4) is 0 Å². The van der Waals surface area contributed by atoms with Crippen molar-refractivity contribution in [2.45, 2.75) is 51.1 Å². The van der Waals surface area contributed by atoms with Gasteiger partial charge in [0.05, 0.1) is 5.92 Å². The van der Waals surface area contributed by atoms with Crippen molar-refractivity contribution in [2.75, 3.05) is 19.8 Å². The number of hydrogen-bond donors (Lipinski definition) is 2. The number of ether oxygens (including phenoxy) is 1. The van der Waals surface area contributed by atoms with Crippen LogP contribution in [0.5, 0.6) is 0 Å². The van der Waals surface area contributed by atoms with Crippen LogP contribution in [-0.2, 0) is 19.1 Å². The number of hydrogen-bond acceptors (Lipinski definition) is 4. The standard InChI is InChI=1S/C15H24N2O5/c1-14(2,3)17-9-10(8-11(17)18)12(19)16-15(13(20)21)4-6-22-7-5-15/h10H,4-9H2,1-3H3,(H,16,19)(H,20,21)/t10-/m0/s1. The zero-order valence-electron chi connectivity index (χ0n) is 13.3. The average Bonchev–Trinajstić information content (AvgIpc) is 2.82. The van der Waals surface area contributed by atoms with E-state index in [4.69, 9.17) is 4.74 Å². The molecular formula is C15H24N2O5. The molecule has 2 fully saturated rings. The maximum atomic E-state index is 12.4. The molecule has 2 aliphatic rings. The van der Waals surface area contributed by atoms with Crippen LogP contribution in [0.25, 0.3) is 0 Å². The predicted octanol–water partition coefficient (Wildman–Crippen LogP) is 0.383.